The molecule has 1 aliphatic carbocycles. The van der Waals surface area contributed by atoms with Crippen molar-refractivity contribution in [1.29, 1.82) is 5.26 Å². The number of hydrogen-bond donors (Lipinski definition) is 1. The van der Waals surface area contributed by atoms with Crippen LogP contribution in [-0.2, 0) is 16.8 Å². The van der Waals surface area contributed by atoms with E-state index in [4.69, 9.17) is 5.26 Å². The highest BCUT2D eigenvalue weighted by atomic mass is 32.2. The van der Waals surface area contributed by atoms with Crippen LogP contribution < -0.4 is 4.72 Å². The number of aromatic nitrogens is 1. The highest BCUT2D eigenvalue weighted by Crippen LogP contribution is 2.38. The second-order valence-electron chi connectivity index (χ2n) is 5.39. The van der Waals surface area contributed by atoms with E-state index in [1.807, 2.05) is 6.07 Å². The first-order chi connectivity index (χ1) is 9.58. The van der Waals surface area contributed by atoms with Crippen molar-refractivity contribution in [2.75, 3.05) is 6.54 Å². The maximum Gasteiger partial charge on any atom is 0.280 e. The van der Waals surface area contributed by atoms with Gasteiger partial charge in [-0.15, -0.1) is 0 Å². The lowest BCUT2D eigenvalue weighted by Crippen LogP contribution is -2.44. The van der Waals surface area contributed by atoms with Crippen LogP contribution in [0.1, 0.15) is 30.5 Å². The summed E-state index contributed by atoms with van der Waals surface area (Å²) in [5.41, 5.74) is 1.03. The Labute approximate surface area is 118 Å². The average molecular weight is 292 g/mol. The molecule has 7 heteroatoms. The number of nitrogens with zero attached hydrogens (tertiary/aromatic N) is 3. The molecule has 3 rings (SSSR count). The number of pyridine rings is 1. The lowest BCUT2D eigenvalue weighted by Gasteiger charge is -2.26. The molecule has 0 radical (unpaired) electrons. The Morgan fingerprint density at radius 1 is 1.50 bits per heavy atom. The van der Waals surface area contributed by atoms with Crippen molar-refractivity contribution in [2.24, 2.45) is 5.92 Å². The summed E-state index contributed by atoms with van der Waals surface area (Å²) in [7, 11) is -3.43. The van der Waals surface area contributed by atoms with Crippen LogP contribution in [0.5, 0.6) is 0 Å². The highest BCUT2D eigenvalue weighted by molar-refractivity contribution is 7.87. The van der Waals surface area contributed by atoms with Gasteiger partial charge in [-0.3, -0.25) is 0 Å². The minimum atomic E-state index is -3.43. The monoisotopic (exact) mass is 292 g/mol. The fourth-order valence-electron chi connectivity index (χ4n) is 3.08. The molecule has 1 N–H and O–H groups in total. The predicted octanol–water partition coefficient (Wildman–Crippen LogP) is 0.772. The van der Waals surface area contributed by atoms with Crippen LogP contribution in [0.25, 0.3) is 0 Å². The maximum absolute atomic E-state index is 12.3. The van der Waals surface area contributed by atoms with E-state index in [0.717, 1.165) is 24.8 Å². The van der Waals surface area contributed by atoms with E-state index >= 15 is 0 Å². The molecule has 1 saturated heterocycles. The number of rotatable bonds is 4. The van der Waals surface area contributed by atoms with Crippen LogP contribution in [0.3, 0.4) is 0 Å². The van der Waals surface area contributed by atoms with Gasteiger partial charge in [-0.25, -0.2) is 4.98 Å². The van der Waals surface area contributed by atoms with Crippen LogP contribution in [0.15, 0.2) is 18.3 Å². The highest BCUT2D eigenvalue weighted by Gasteiger charge is 2.43. The zero-order chi connectivity index (χ0) is 14.2. The van der Waals surface area contributed by atoms with E-state index in [9.17, 15) is 8.42 Å². The van der Waals surface area contributed by atoms with E-state index in [1.54, 1.807) is 16.4 Å². The molecule has 2 fully saturated rings. The van der Waals surface area contributed by atoms with E-state index in [-0.39, 0.29) is 12.6 Å². The zero-order valence-corrected chi connectivity index (χ0v) is 11.8. The summed E-state index contributed by atoms with van der Waals surface area (Å²) in [5.74, 6) is 0.530. The summed E-state index contributed by atoms with van der Waals surface area (Å²) >= 11 is 0. The Bertz CT molecular complexity index is 653. The van der Waals surface area contributed by atoms with Crippen molar-refractivity contribution in [3.63, 3.8) is 0 Å². The van der Waals surface area contributed by atoms with Crippen molar-refractivity contribution in [3.8, 4) is 6.07 Å². The van der Waals surface area contributed by atoms with Gasteiger partial charge in [0.25, 0.3) is 10.2 Å². The summed E-state index contributed by atoms with van der Waals surface area (Å²) in [4.78, 5) is 3.86. The van der Waals surface area contributed by atoms with Gasteiger partial charge in [-0.05, 0) is 42.9 Å². The molecule has 2 aliphatic rings. The summed E-state index contributed by atoms with van der Waals surface area (Å²) in [6.07, 6.45) is 4.63. The summed E-state index contributed by atoms with van der Waals surface area (Å²) in [5, 5.41) is 8.77. The van der Waals surface area contributed by atoms with Crippen molar-refractivity contribution < 1.29 is 8.42 Å². The van der Waals surface area contributed by atoms with Gasteiger partial charge in [0.1, 0.15) is 11.8 Å². The van der Waals surface area contributed by atoms with Crippen LogP contribution in [0.4, 0.5) is 0 Å². The van der Waals surface area contributed by atoms with Crippen LogP contribution in [-0.4, -0.2) is 30.3 Å². The Morgan fingerprint density at radius 3 is 3.00 bits per heavy atom. The summed E-state index contributed by atoms with van der Waals surface area (Å²) < 4.78 is 28.8. The first-order valence-corrected chi connectivity index (χ1v) is 8.14. The van der Waals surface area contributed by atoms with Crippen molar-refractivity contribution in [3.05, 3.63) is 29.6 Å². The topological polar surface area (TPSA) is 86.1 Å². The van der Waals surface area contributed by atoms with E-state index in [1.165, 1.54) is 6.20 Å². The molecule has 2 unspecified atom stereocenters. The number of nitrogens with one attached hydrogen (secondary N) is 1. The van der Waals surface area contributed by atoms with Gasteiger partial charge in [0, 0.05) is 25.3 Å². The van der Waals surface area contributed by atoms with Crippen molar-refractivity contribution in [1.82, 2.24) is 14.0 Å². The third-order valence-corrected chi connectivity index (χ3v) is 5.64. The minimum absolute atomic E-state index is 0.171. The molecule has 1 aromatic rings. The Hall–Kier alpha value is -1.49. The second-order valence-corrected chi connectivity index (χ2v) is 7.10. The van der Waals surface area contributed by atoms with E-state index in [0.29, 0.717) is 18.2 Å². The smallest absolute Gasteiger partial charge is 0.246 e. The molecule has 1 aromatic heterocycles. The normalized spacial score (nSPS) is 25.8. The maximum atomic E-state index is 12.3. The van der Waals surface area contributed by atoms with Gasteiger partial charge < -0.3 is 0 Å². The second kappa shape index (κ2) is 5.13. The Morgan fingerprint density at radius 2 is 2.35 bits per heavy atom. The molecule has 2 heterocycles. The fraction of sp³-hybridized carbons (Fsp3) is 0.538. The molecule has 20 heavy (non-hydrogen) atoms. The number of piperidine rings is 1. The third-order valence-electron chi connectivity index (χ3n) is 4.07. The lowest BCUT2D eigenvalue weighted by molar-refractivity contribution is 0.328. The summed E-state index contributed by atoms with van der Waals surface area (Å²) in [6, 6.07) is 5.42. The molecule has 0 aromatic carbocycles. The number of hydrogen-bond acceptors (Lipinski definition) is 4. The molecule has 2 atom stereocenters. The summed E-state index contributed by atoms with van der Waals surface area (Å²) in [6.45, 7) is 0.827. The zero-order valence-electron chi connectivity index (χ0n) is 11.0. The standard InChI is InChI=1S/C13H16N4O2S/c14-7-12-5-10(3-4-15-12)8-16-20(18,19)17-9-11-1-2-13(17)6-11/h3-5,11,13,16H,1-2,6,8-9H2. The van der Waals surface area contributed by atoms with E-state index < -0.39 is 10.2 Å². The largest absolute Gasteiger partial charge is 0.280 e. The van der Waals surface area contributed by atoms with Gasteiger partial charge in [0.15, 0.2) is 0 Å². The lowest BCUT2D eigenvalue weighted by atomic mass is 10.1. The predicted molar refractivity (Wildman–Crippen MR) is 72.5 cm³/mol. The van der Waals surface area contributed by atoms with E-state index in [2.05, 4.69) is 9.71 Å². The molecule has 1 saturated carbocycles. The molecular weight excluding hydrogens is 276 g/mol. The van der Waals surface area contributed by atoms with Crippen molar-refractivity contribution >= 4 is 10.2 Å². The van der Waals surface area contributed by atoms with Crippen LogP contribution in [0, 0.1) is 17.2 Å². The number of fused-ring (bicyclic) bond motifs is 2. The average Bonchev–Trinajstić information content (AvgIpc) is 3.08. The van der Waals surface area contributed by atoms with Crippen molar-refractivity contribution in [2.45, 2.75) is 31.8 Å². The SMILES string of the molecule is N#Cc1cc(CNS(=O)(=O)N2CC3CCC2C3)ccn1. The molecule has 2 bridgehead atoms. The fourth-order valence-corrected chi connectivity index (χ4v) is 4.58. The molecule has 0 spiro atoms. The molecular formula is C13H16N4O2S. The molecule has 1 aliphatic heterocycles. The van der Waals surface area contributed by atoms with Gasteiger partial charge in [-0.1, -0.05) is 0 Å². The van der Waals surface area contributed by atoms with Crippen LogP contribution >= 0.6 is 0 Å². The first-order valence-electron chi connectivity index (χ1n) is 6.70. The van der Waals surface area contributed by atoms with Gasteiger partial charge in [0.05, 0.1) is 0 Å². The quantitative estimate of drug-likeness (QED) is 0.888. The Kier molecular flexibility index (Phi) is 3.46. The van der Waals surface area contributed by atoms with Gasteiger partial charge in [0.2, 0.25) is 0 Å². The Balaban J connectivity index is 1.67. The third kappa shape index (κ3) is 2.54. The van der Waals surface area contributed by atoms with Crippen LogP contribution in [0.2, 0.25) is 0 Å². The van der Waals surface area contributed by atoms with Gasteiger partial charge in [-0.2, -0.15) is 22.7 Å². The molecule has 6 nitrogen and oxygen atoms in total. The minimum Gasteiger partial charge on any atom is -0.246 e. The molecule has 0 amide bonds. The number of nitriles is 1. The molecule has 106 valence electrons. The van der Waals surface area contributed by atoms with Gasteiger partial charge >= 0.3 is 0 Å². The first kappa shape index (κ1) is 13.5.